The van der Waals surface area contributed by atoms with Crippen molar-refractivity contribution in [2.24, 2.45) is 11.8 Å². The Morgan fingerprint density at radius 3 is 2.40 bits per heavy atom. The molecule has 0 aliphatic heterocycles. The predicted octanol–water partition coefficient (Wildman–Crippen LogP) is 1.90. The van der Waals surface area contributed by atoms with Crippen molar-refractivity contribution in [3.63, 3.8) is 0 Å². The maximum Gasteiger partial charge on any atom is 0.315 e. The molecule has 0 heterocycles. The number of rotatable bonds is 7. The first-order valence-electron chi connectivity index (χ1n) is 7.76. The molecule has 0 bridgehead atoms. The highest BCUT2D eigenvalue weighted by atomic mass is 16.5. The second kappa shape index (κ2) is 9.19. The zero-order chi connectivity index (χ0) is 15.0. The highest BCUT2D eigenvalue weighted by Gasteiger charge is 2.22. The number of ether oxygens (including phenoxy) is 1. The van der Waals surface area contributed by atoms with E-state index in [4.69, 9.17) is 9.84 Å². The number of aliphatic hydroxyl groups is 1. The van der Waals surface area contributed by atoms with Crippen LogP contribution in [0.2, 0.25) is 0 Å². The van der Waals surface area contributed by atoms with Crippen molar-refractivity contribution < 1.29 is 14.6 Å². The molecule has 1 aliphatic rings. The minimum absolute atomic E-state index is 0.0162. The van der Waals surface area contributed by atoms with Gasteiger partial charge in [0.15, 0.2) is 0 Å². The lowest BCUT2D eigenvalue weighted by molar-refractivity contribution is 0.0950. The highest BCUT2D eigenvalue weighted by Crippen LogP contribution is 2.23. The minimum atomic E-state index is -0.113. The molecule has 3 N–H and O–H groups in total. The Balaban J connectivity index is 2.13. The summed E-state index contributed by atoms with van der Waals surface area (Å²) in [5, 5.41) is 15.0. The molecule has 0 saturated heterocycles. The van der Waals surface area contributed by atoms with Crippen LogP contribution in [0.1, 0.15) is 46.5 Å². The summed E-state index contributed by atoms with van der Waals surface area (Å²) < 4.78 is 5.51. The molecule has 1 atom stereocenters. The lowest BCUT2D eigenvalue weighted by Crippen LogP contribution is -2.47. The number of carbonyl (C=O) groups excluding carboxylic acids is 1. The smallest absolute Gasteiger partial charge is 0.315 e. The van der Waals surface area contributed by atoms with E-state index in [1.807, 2.05) is 6.92 Å². The van der Waals surface area contributed by atoms with Gasteiger partial charge in [0.05, 0.1) is 12.6 Å². The van der Waals surface area contributed by atoms with E-state index in [0.717, 1.165) is 32.3 Å². The third-order valence-corrected chi connectivity index (χ3v) is 3.64. The molecular formula is C15H30N2O3. The van der Waals surface area contributed by atoms with Gasteiger partial charge in [0.1, 0.15) is 0 Å². The topological polar surface area (TPSA) is 70.6 Å². The van der Waals surface area contributed by atoms with Gasteiger partial charge in [-0.25, -0.2) is 4.79 Å². The molecule has 0 aromatic heterocycles. The molecule has 0 spiro atoms. The monoisotopic (exact) mass is 286 g/mol. The van der Waals surface area contributed by atoms with E-state index >= 15 is 0 Å². The van der Waals surface area contributed by atoms with Crippen molar-refractivity contribution in [3.05, 3.63) is 0 Å². The molecular weight excluding hydrogens is 256 g/mol. The van der Waals surface area contributed by atoms with E-state index < -0.39 is 0 Å². The van der Waals surface area contributed by atoms with Crippen LogP contribution in [-0.2, 0) is 4.74 Å². The van der Waals surface area contributed by atoms with Crippen molar-refractivity contribution in [2.45, 2.75) is 58.5 Å². The second-order valence-electron chi connectivity index (χ2n) is 6.35. The zero-order valence-corrected chi connectivity index (χ0v) is 13.0. The summed E-state index contributed by atoms with van der Waals surface area (Å²) in [6.07, 6.45) is 3.90. The fourth-order valence-electron chi connectivity index (χ4n) is 2.46. The predicted molar refractivity (Wildman–Crippen MR) is 79.6 cm³/mol. The van der Waals surface area contributed by atoms with Gasteiger partial charge in [-0.2, -0.15) is 0 Å². The quantitative estimate of drug-likeness (QED) is 0.669. The first kappa shape index (κ1) is 17.2. The summed E-state index contributed by atoms with van der Waals surface area (Å²) in [4.78, 5) is 11.8. The average molecular weight is 286 g/mol. The molecule has 5 heteroatoms. The molecule has 2 amide bonds. The maximum absolute atomic E-state index is 11.8. The fraction of sp³-hybridized carbons (Fsp3) is 0.933. The standard InChI is InChI=1S/C15H30N2O3/c1-11(2)9-20-10-12(3)16-15(19)17-14-6-4-13(8-18)5-7-14/h11-14,18H,4-10H2,1-3H3,(H2,16,17,19). The van der Waals surface area contributed by atoms with Gasteiger partial charge in [-0.05, 0) is 44.4 Å². The Hall–Kier alpha value is -0.810. The van der Waals surface area contributed by atoms with Crippen molar-refractivity contribution in [1.29, 1.82) is 0 Å². The molecule has 1 fully saturated rings. The number of nitrogens with one attached hydrogen (secondary N) is 2. The number of aliphatic hydroxyl groups excluding tert-OH is 1. The van der Waals surface area contributed by atoms with Gasteiger partial charge < -0.3 is 20.5 Å². The zero-order valence-electron chi connectivity index (χ0n) is 13.0. The molecule has 1 saturated carbocycles. The van der Waals surface area contributed by atoms with E-state index in [9.17, 15) is 4.79 Å². The number of urea groups is 1. The van der Waals surface area contributed by atoms with E-state index in [0.29, 0.717) is 18.4 Å². The van der Waals surface area contributed by atoms with Crippen LogP contribution >= 0.6 is 0 Å². The summed E-state index contributed by atoms with van der Waals surface area (Å²) in [7, 11) is 0. The van der Waals surface area contributed by atoms with Crippen LogP contribution in [0, 0.1) is 11.8 Å². The Morgan fingerprint density at radius 1 is 1.20 bits per heavy atom. The molecule has 0 aromatic carbocycles. The molecule has 20 heavy (non-hydrogen) atoms. The Labute approximate surface area is 122 Å². The lowest BCUT2D eigenvalue weighted by atomic mass is 9.87. The molecule has 1 unspecified atom stereocenters. The molecule has 0 aromatic rings. The van der Waals surface area contributed by atoms with Crippen molar-refractivity contribution in [2.75, 3.05) is 19.8 Å². The first-order chi connectivity index (χ1) is 9.51. The van der Waals surface area contributed by atoms with E-state index in [2.05, 4.69) is 24.5 Å². The van der Waals surface area contributed by atoms with Crippen LogP contribution in [0.15, 0.2) is 0 Å². The molecule has 1 rings (SSSR count). The molecule has 118 valence electrons. The second-order valence-corrected chi connectivity index (χ2v) is 6.35. The number of hydrogen-bond acceptors (Lipinski definition) is 3. The van der Waals surface area contributed by atoms with E-state index in [-0.39, 0.29) is 24.7 Å². The number of hydrogen-bond donors (Lipinski definition) is 3. The summed E-state index contributed by atoms with van der Waals surface area (Å²) >= 11 is 0. The Morgan fingerprint density at radius 2 is 1.85 bits per heavy atom. The normalized spacial score (nSPS) is 24.4. The van der Waals surface area contributed by atoms with Crippen LogP contribution in [0.3, 0.4) is 0 Å². The average Bonchev–Trinajstić information content (AvgIpc) is 2.38. The first-order valence-corrected chi connectivity index (χ1v) is 7.76. The summed E-state index contributed by atoms with van der Waals surface area (Å²) in [5.74, 6) is 0.928. The fourth-order valence-corrected chi connectivity index (χ4v) is 2.46. The van der Waals surface area contributed by atoms with E-state index in [1.54, 1.807) is 0 Å². The van der Waals surface area contributed by atoms with Crippen LogP contribution < -0.4 is 10.6 Å². The minimum Gasteiger partial charge on any atom is -0.396 e. The number of carbonyl (C=O) groups is 1. The summed E-state index contributed by atoms with van der Waals surface area (Å²) in [6, 6.07) is 0.141. The SMILES string of the molecule is CC(C)COCC(C)NC(=O)NC1CCC(CO)CC1. The molecule has 0 radical (unpaired) electrons. The van der Waals surface area contributed by atoms with Crippen LogP contribution in [-0.4, -0.2) is 43.0 Å². The summed E-state index contributed by atoms with van der Waals surface area (Å²) in [5.41, 5.74) is 0. The van der Waals surface area contributed by atoms with E-state index in [1.165, 1.54) is 0 Å². The van der Waals surface area contributed by atoms with Gasteiger partial charge in [-0.3, -0.25) is 0 Å². The number of amides is 2. The van der Waals surface area contributed by atoms with Crippen LogP contribution in [0.25, 0.3) is 0 Å². The van der Waals surface area contributed by atoms with Crippen LogP contribution in [0.5, 0.6) is 0 Å². The van der Waals surface area contributed by atoms with Gasteiger partial charge in [0.25, 0.3) is 0 Å². The highest BCUT2D eigenvalue weighted by molar-refractivity contribution is 5.74. The van der Waals surface area contributed by atoms with Gasteiger partial charge in [0.2, 0.25) is 0 Å². The summed E-state index contributed by atoms with van der Waals surface area (Å²) in [6.45, 7) is 7.69. The largest absolute Gasteiger partial charge is 0.396 e. The van der Waals surface area contributed by atoms with Gasteiger partial charge in [-0.15, -0.1) is 0 Å². The molecule has 5 nitrogen and oxygen atoms in total. The molecule has 1 aliphatic carbocycles. The van der Waals surface area contributed by atoms with Gasteiger partial charge >= 0.3 is 6.03 Å². The Bertz CT molecular complexity index is 276. The van der Waals surface area contributed by atoms with Gasteiger partial charge in [0, 0.05) is 19.3 Å². The van der Waals surface area contributed by atoms with Crippen molar-refractivity contribution >= 4 is 6.03 Å². The Kier molecular flexibility index (Phi) is 7.92. The third kappa shape index (κ3) is 7.10. The lowest BCUT2D eigenvalue weighted by Gasteiger charge is -2.28. The van der Waals surface area contributed by atoms with Crippen molar-refractivity contribution in [3.8, 4) is 0 Å². The van der Waals surface area contributed by atoms with Gasteiger partial charge in [-0.1, -0.05) is 13.8 Å². The van der Waals surface area contributed by atoms with Crippen molar-refractivity contribution in [1.82, 2.24) is 10.6 Å². The third-order valence-electron chi connectivity index (χ3n) is 3.64. The van der Waals surface area contributed by atoms with Crippen LogP contribution in [0.4, 0.5) is 4.79 Å². The maximum atomic E-state index is 11.8.